The fourth-order valence-electron chi connectivity index (χ4n) is 2.64. The Balaban J connectivity index is 1.76. The number of aryl methyl sites for hydroxylation is 1. The maximum atomic E-state index is 13.0. The van der Waals surface area contributed by atoms with E-state index in [2.05, 4.69) is 12.2 Å². The van der Waals surface area contributed by atoms with Crippen molar-refractivity contribution in [3.63, 3.8) is 0 Å². The third-order valence-electron chi connectivity index (χ3n) is 3.93. The molecule has 23 heavy (non-hydrogen) atoms. The van der Waals surface area contributed by atoms with Gasteiger partial charge in [-0.2, -0.15) is 0 Å². The van der Waals surface area contributed by atoms with Gasteiger partial charge < -0.3 is 5.32 Å². The van der Waals surface area contributed by atoms with Crippen LogP contribution in [0, 0.1) is 5.82 Å². The van der Waals surface area contributed by atoms with Crippen LogP contribution >= 0.6 is 0 Å². The van der Waals surface area contributed by atoms with Crippen LogP contribution in [0.2, 0.25) is 0 Å². The van der Waals surface area contributed by atoms with Crippen molar-refractivity contribution >= 4 is 23.2 Å². The fraction of sp³-hybridized carbons (Fsp3) is 0.222. The normalized spacial score (nSPS) is 17.7. The Bertz CT molecular complexity index is 726. The molecule has 1 aliphatic heterocycles. The molecule has 1 fully saturated rings. The van der Waals surface area contributed by atoms with E-state index in [0.29, 0.717) is 5.69 Å². The molecule has 2 aromatic rings. The predicted molar refractivity (Wildman–Crippen MR) is 86.7 cm³/mol. The van der Waals surface area contributed by atoms with E-state index < -0.39 is 11.9 Å². The lowest BCUT2D eigenvalue weighted by molar-refractivity contribution is -0.121. The van der Waals surface area contributed by atoms with Gasteiger partial charge in [0, 0.05) is 5.69 Å². The van der Waals surface area contributed by atoms with Crippen molar-refractivity contribution in [2.24, 2.45) is 0 Å². The summed E-state index contributed by atoms with van der Waals surface area (Å²) in [4.78, 5) is 25.7. The van der Waals surface area contributed by atoms with Crippen molar-refractivity contribution in [2.45, 2.75) is 25.8 Å². The molecule has 0 aromatic heterocycles. The minimum Gasteiger partial charge on any atom is -0.373 e. The van der Waals surface area contributed by atoms with E-state index in [4.69, 9.17) is 0 Å². The number of hydrogen-bond donors (Lipinski definition) is 1. The maximum Gasteiger partial charge on any atom is 0.256 e. The third-order valence-corrected chi connectivity index (χ3v) is 3.93. The van der Waals surface area contributed by atoms with Crippen LogP contribution < -0.4 is 10.2 Å². The Kier molecular flexibility index (Phi) is 4.10. The van der Waals surface area contributed by atoms with Gasteiger partial charge in [0.05, 0.1) is 12.1 Å². The zero-order valence-electron chi connectivity index (χ0n) is 12.8. The SMILES string of the molecule is CCc1ccc(NC2CC(=O)N(c3ccc(F)cc3)C2=O)cc1. The average molecular weight is 312 g/mol. The summed E-state index contributed by atoms with van der Waals surface area (Å²) in [6.07, 6.45) is 1.03. The highest BCUT2D eigenvalue weighted by Crippen LogP contribution is 2.25. The van der Waals surface area contributed by atoms with E-state index in [0.717, 1.165) is 17.0 Å². The van der Waals surface area contributed by atoms with E-state index in [1.165, 1.54) is 29.8 Å². The summed E-state index contributed by atoms with van der Waals surface area (Å²) in [6, 6.07) is 12.5. The van der Waals surface area contributed by atoms with Gasteiger partial charge in [-0.05, 0) is 48.4 Å². The van der Waals surface area contributed by atoms with E-state index in [1.54, 1.807) is 0 Å². The first kappa shape index (κ1) is 15.2. The molecule has 0 radical (unpaired) electrons. The zero-order chi connectivity index (χ0) is 16.4. The first-order valence-electron chi connectivity index (χ1n) is 7.56. The van der Waals surface area contributed by atoms with Crippen molar-refractivity contribution in [3.8, 4) is 0 Å². The second kappa shape index (κ2) is 6.20. The molecule has 5 heteroatoms. The Hall–Kier alpha value is -2.69. The molecule has 0 aliphatic carbocycles. The molecule has 118 valence electrons. The van der Waals surface area contributed by atoms with Gasteiger partial charge in [0.25, 0.3) is 5.91 Å². The quantitative estimate of drug-likeness (QED) is 0.882. The summed E-state index contributed by atoms with van der Waals surface area (Å²) < 4.78 is 13.0. The number of imide groups is 1. The van der Waals surface area contributed by atoms with Gasteiger partial charge in [0.2, 0.25) is 5.91 Å². The number of benzene rings is 2. The van der Waals surface area contributed by atoms with E-state index in [-0.39, 0.29) is 18.2 Å². The van der Waals surface area contributed by atoms with Crippen molar-refractivity contribution in [2.75, 3.05) is 10.2 Å². The van der Waals surface area contributed by atoms with Crippen molar-refractivity contribution in [3.05, 3.63) is 59.9 Å². The summed E-state index contributed by atoms with van der Waals surface area (Å²) in [6.45, 7) is 2.07. The number of nitrogens with one attached hydrogen (secondary N) is 1. The van der Waals surface area contributed by atoms with Gasteiger partial charge in [-0.3, -0.25) is 9.59 Å². The summed E-state index contributed by atoms with van der Waals surface area (Å²) in [5.74, 6) is -1.01. The van der Waals surface area contributed by atoms with Crippen LogP contribution in [0.25, 0.3) is 0 Å². The fourth-order valence-corrected chi connectivity index (χ4v) is 2.64. The lowest BCUT2D eigenvalue weighted by Crippen LogP contribution is -2.34. The van der Waals surface area contributed by atoms with Crippen LogP contribution in [-0.4, -0.2) is 17.9 Å². The standard InChI is InChI=1S/C18H17FN2O2/c1-2-12-3-7-14(8-4-12)20-16-11-17(22)21(18(16)23)15-9-5-13(19)6-10-15/h3-10,16,20H,2,11H2,1H3. The molecule has 1 atom stereocenters. The molecule has 2 aromatic carbocycles. The number of amides is 2. The van der Waals surface area contributed by atoms with Crippen LogP contribution in [0.15, 0.2) is 48.5 Å². The first-order chi connectivity index (χ1) is 11.1. The molecule has 0 spiro atoms. The van der Waals surface area contributed by atoms with Crippen LogP contribution in [0.4, 0.5) is 15.8 Å². The molecule has 4 nitrogen and oxygen atoms in total. The summed E-state index contributed by atoms with van der Waals surface area (Å²) >= 11 is 0. The summed E-state index contributed by atoms with van der Waals surface area (Å²) in [7, 11) is 0. The third kappa shape index (κ3) is 3.08. The van der Waals surface area contributed by atoms with Crippen molar-refractivity contribution < 1.29 is 14.0 Å². The summed E-state index contributed by atoms with van der Waals surface area (Å²) in [5, 5.41) is 3.10. The van der Waals surface area contributed by atoms with Gasteiger partial charge >= 0.3 is 0 Å². The largest absolute Gasteiger partial charge is 0.373 e. The minimum absolute atomic E-state index is 0.0890. The molecular formula is C18H17FN2O2. The Morgan fingerprint density at radius 2 is 1.74 bits per heavy atom. The average Bonchev–Trinajstić information content (AvgIpc) is 2.83. The van der Waals surface area contributed by atoms with Crippen LogP contribution in [0.1, 0.15) is 18.9 Å². The van der Waals surface area contributed by atoms with Crippen molar-refractivity contribution in [1.29, 1.82) is 0 Å². The highest BCUT2D eigenvalue weighted by atomic mass is 19.1. The van der Waals surface area contributed by atoms with E-state index in [9.17, 15) is 14.0 Å². The number of halogens is 1. The Morgan fingerprint density at radius 3 is 2.35 bits per heavy atom. The van der Waals surface area contributed by atoms with Gasteiger partial charge in [-0.1, -0.05) is 19.1 Å². The second-order valence-corrected chi connectivity index (χ2v) is 5.50. The molecular weight excluding hydrogens is 295 g/mol. The molecule has 1 heterocycles. The molecule has 1 unspecified atom stereocenters. The number of carbonyl (C=O) groups excluding carboxylic acids is 2. The predicted octanol–water partition coefficient (Wildman–Crippen LogP) is 3.13. The van der Waals surface area contributed by atoms with Crippen molar-refractivity contribution in [1.82, 2.24) is 0 Å². The lowest BCUT2D eigenvalue weighted by atomic mass is 10.1. The molecule has 3 rings (SSSR count). The monoisotopic (exact) mass is 312 g/mol. The maximum absolute atomic E-state index is 13.0. The van der Waals surface area contributed by atoms with Crippen LogP contribution in [0.3, 0.4) is 0 Å². The van der Waals surface area contributed by atoms with Crippen LogP contribution in [0.5, 0.6) is 0 Å². The van der Waals surface area contributed by atoms with Gasteiger partial charge in [0.15, 0.2) is 0 Å². The molecule has 1 N–H and O–H groups in total. The van der Waals surface area contributed by atoms with Crippen LogP contribution in [-0.2, 0) is 16.0 Å². The van der Waals surface area contributed by atoms with Gasteiger partial charge in [0.1, 0.15) is 11.9 Å². The number of anilines is 2. The molecule has 2 amide bonds. The topological polar surface area (TPSA) is 49.4 Å². The Morgan fingerprint density at radius 1 is 1.09 bits per heavy atom. The highest BCUT2D eigenvalue weighted by Gasteiger charge is 2.39. The molecule has 1 saturated heterocycles. The minimum atomic E-state index is -0.597. The lowest BCUT2D eigenvalue weighted by Gasteiger charge is -2.16. The highest BCUT2D eigenvalue weighted by molar-refractivity contribution is 6.23. The smallest absolute Gasteiger partial charge is 0.256 e. The molecule has 1 aliphatic rings. The number of nitrogens with zero attached hydrogens (tertiary/aromatic N) is 1. The van der Waals surface area contributed by atoms with Gasteiger partial charge in [-0.15, -0.1) is 0 Å². The molecule has 0 bridgehead atoms. The summed E-state index contributed by atoms with van der Waals surface area (Å²) in [5.41, 5.74) is 2.40. The first-order valence-corrected chi connectivity index (χ1v) is 7.56. The number of carbonyl (C=O) groups is 2. The second-order valence-electron chi connectivity index (χ2n) is 5.50. The van der Waals surface area contributed by atoms with E-state index >= 15 is 0 Å². The van der Waals surface area contributed by atoms with Gasteiger partial charge in [-0.25, -0.2) is 9.29 Å². The Labute approximate surface area is 133 Å². The molecule has 0 saturated carbocycles. The van der Waals surface area contributed by atoms with E-state index in [1.807, 2.05) is 24.3 Å². The number of hydrogen-bond acceptors (Lipinski definition) is 3. The zero-order valence-corrected chi connectivity index (χ0v) is 12.8. The number of rotatable bonds is 4.